The molecule has 1 saturated carbocycles. The molecule has 82 valence electrons. The first-order valence-corrected chi connectivity index (χ1v) is 5.48. The zero-order valence-corrected chi connectivity index (χ0v) is 8.88. The van der Waals surface area contributed by atoms with Crippen molar-refractivity contribution in [2.75, 3.05) is 13.1 Å². The lowest BCUT2D eigenvalue weighted by atomic mass is 9.92. The second-order valence-corrected chi connectivity index (χ2v) is 3.95. The molecule has 4 heteroatoms. The number of nitrogens with two attached hydrogens (primary N) is 1. The fourth-order valence-electron chi connectivity index (χ4n) is 1.82. The average molecular weight is 199 g/mol. The van der Waals surface area contributed by atoms with E-state index in [1.54, 1.807) is 0 Å². The molecular formula is C10H21N3O. The smallest absolute Gasteiger partial charge is 0.233 e. The van der Waals surface area contributed by atoms with E-state index in [0.717, 1.165) is 25.7 Å². The first kappa shape index (κ1) is 11.5. The van der Waals surface area contributed by atoms with E-state index >= 15 is 0 Å². The van der Waals surface area contributed by atoms with Gasteiger partial charge in [-0.2, -0.15) is 0 Å². The number of hydrogen-bond acceptors (Lipinski definition) is 3. The van der Waals surface area contributed by atoms with Crippen LogP contribution in [0.2, 0.25) is 0 Å². The highest BCUT2D eigenvalue weighted by Gasteiger charge is 2.18. The Kier molecular flexibility index (Phi) is 4.90. The lowest BCUT2D eigenvalue weighted by Gasteiger charge is -2.26. The van der Waals surface area contributed by atoms with Crippen molar-refractivity contribution in [1.29, 1.82) is 0 Å². The van der Waals surface area contributed by atoms with Gasteiger partial charge in [0.1, 0.15) is 0 Å². The Hall–Kier alpha value is -0.610. The van der Waals surface area contributed by atoms with Crippen LogP contribution in [0, 0.1) is 0 Å². The number of amides is 1. The van der Waals surface area contributed by atoms with Crippen LogP contribution in [0.4, 0.5) is 0 Å². The van der Waals surface area contributed by atoms with Crippen molar-refractivity contribution in [3.63, 3.8) is 0 Å². The van der Waals surface area contributed by atoms with Crippen LogP contribution in [0.25, 0.3) is 0 Å². The molecule has 0 bridgehead atoms. The Morgan fingerprint density at radius 3 is 2.57 bits per heavy atom. The third-order valence-corrected chi connectivity index (χ3v) is 2.70. The lowest BCUT2D eigenvalue weighted by molar-refractivity contribution is -0.120. The highest BCUT2D eigenvalue weighted by molar-refractivity contribution is 5.77. The summed E-state index contributed by atoms with van der Waals surface area (Å²) < 4.78 is 0. The molecule has 0 aromatic carbocycles. The van der Waals surface area contributed by atoms with Gasteiger partial charge in [-0.3, -0.25) is 4.79 Å². The summed E-state index contributed by atoms with van der Waals surface area (Å²) in [5, 5.41) is 6.03. The molecule has 1 rings (SSSR count). The summed E-state index contributed by atoms with van der Waals surface area (Å²) in [6, 6.07) is 0.856. The molecule has 1 amide bonds. The Morgan fingerprint density at radius 2 is 2.00 bits per heavy atom. The Balaban J connectivity index is 2.09. The van der Waals surface area contributed by atoms with Crippen LogP contribution in [0.1, 0.15) is 32.6 Å². The maximum absolute atomic E-state index is 11.2. The number of carbonyl (C=O) groups is 1. The van der Waals surface area contributed by atoms with Crippen LogP contribution in [-0.2, 0) is 4.79 Å². The predicted octanol–water partition coefficient (Wildman–Crippen LogP) is -0.0180. The highest BCUT2D eigenvalue weighted by Crippen LogP contribution is 2.16. The molecule has 1 aliphatic carbocycles. The molecule has 0 radical (unpaired) electrons. The van der Waals surface area contributed by atoms with Gasteiger partial charge in [0, 0.05) is 18.6 Å². The first-order valence-electron chi connectivity index (χ1n) is 5.48. The Morgan fingerprint density at radius 1 is 1.36 bits per heavy atom. The van der Waals surface area contributed by atoms with Gasteiger partial charge in [0.25, 0.3) is 0 Å². The van der Waals surface area contributed by atoms with Gasteiger partial charge in [-0.1, -0.05) is 0 Å². The SMILES string of the molecule is CCNC(=O)CNC1CCC(N)CC1. The van der Waals surface area contributed by atoms with E-state index in [0.29, 0.717) is 25.2 Å². The topological polar surface area (TPSA) is 67.2 Å². The molecular weight excluding hydrogens is 178 g/mol. The molecule has 0 aromatic heterocycles. The number of rotatable bonds is 4. The number of hydrogen-bond donors (Lipinski definition) is 3. The van der Waals surface area contributed by atoms with E-state index < -0.39 is 0 Å². The van der Waals surface area contributed by atoms with Crippen LogP contribution < -0.4 is 16.4 Å². The van der Waals surface area contributed by atoms with Crippen molar-refractivity contribution in [3.8, 4) is 0 Å². The lowest BCUT2D eigenvalue weighted by Crippen LogP contribution is -2.42. The maximum Gasteiger partial charge on any atom is 0.233 e. The summed E-state index contributed by atoms with van der Waals surface area (Å²) in [6.07, 6.45) is 4.35. The zero-order chi connectivity index (χ0) is 10.4. The van der Waals surface area contributed by atoms with Crippen molar-refractivity contribution in [2.24, 2.45) is 5.73 Å². The Bertz CT molecular complexity index is 176. The summed E-state index contributed by atoms with van der Waals surface area (Å²) in [7, 11) is 0. The fourth-order valence-corrected chi connectivity index (χ4v) is 1.82. The number of likely N-dealkylation sites (N-methyl/N-ethyl adjacent to an activating group) is 1. The molecule has 0 atom stereocenters. The molecule has 0 aromatic rings. The third-order valence-electron chi connectivity index (χ3n) is 2.70. The van der Waals surface area contributed by atoms with Gasteiger partial charge >= 0.3 is 0 Å². The molecule has 0 aliphatic heterocycles. The van der Waals surface area contributed by atoms with E-state index in [1.807, 2.05) is 6.92 Å². The van der Waals surface area contributed by atoms with Gasteiger partial charge in [0.2, 0.25) is 5.91 Å². The van der Waals surface area contributed by atoms with Crippen molar-refractivity contribution < 1.29 is 4.79 Å². The van der Waals surface area contributed by atoms with E-state index in [1.165, 1.54) is 0 Å². The zero-order valence-electron chi connectivity index (χ0n) is 8.88. The Labute approximate surface area is 85.6 Å². The van der Waals surface area contributed by atoms with Crippen LogP contribution in [0.15, 0.2) is 0 Å². The number of nitrogens with one attached hydrogen (secondary N) is 2. The van der Waals surface area contributed by atoms with Crippen molar-refractivity contribution in [2.45, 2.75) is 44.7 Å². The quantitative estimate of drug-likeness (QED) is 0.596. The molecule has 0 saturated heterocycles. The fraction of sp³-hybridized carbons (Fsp3) is 0.900. The van der Waals surface area contributed by atoms with Crippen LogP contribution in [0.3, 0.4) is 0 Å². The van der Waals surface area contributed by atoms with Crippen LogP contribution >= 0.6 is 0 Å². The minimum Gasteiger partial charge on any atom is -0.355 e. The van der Waals surface area contributed by atoms with Crippen molar-refractivity contribution >= 4 is 5.91 Å². The molecule has 14 heavy (non-hydrogen) atoms. The molecule has 0 unspecified atom stereocenters. The number of carbonyl (C=O) groups excluding carboxylic acids is 1. The standard InChI is InChI=1S/C10H21N3O/c1-2-12-10(14)7-13-9-5-3-8(11)4-6-9/h8-9,13H,2-7,11H2,1H3,(H,12,14). The summed E-state index contributed by atoms with van der Waals surface area (Å²) >= 11 is 0. The van der Waals surface area contributed by atoms with E-state index in [4.69, 9.17) is 5.73 Å². The van der Waals surface area contributed by atoms with E-state index in [9.17, 15) is 4.79 Å². The van der Waals surface area contributed by atoms with E-state index in [2.05, 4.69) is 10.6 Å². The van der Waals surface area contributed by atoms with Crippen LogP contribution in [0.5, 0.6) is 0 Å². The third kappa shape index (κ3) is 4.07. The maximum atomic E-state index is 11.2. The predicted molar refractivity (Wildman–Crippen MR) is 56.9 cm³/mol. The summed E-state index contributed by atoms with van der Waals surface area (Å²) in [5.74, 6) is 0.0855. The minimum absolute atomic E-state index is 0.0855. The van der Waals surface area contributed by atoms with Gasteiger partial charge in [0.15, 0.2) is 0 Å². The molecule has 1 fully saturated rings. The second-order valence-electron chi connectivity index (χ2n) is 3.95. The molecule has 0 spiro atoms. The van der Waals surface area contributed by atoms with Gasteiger partial charge in [-0.15, -0.1) is 0 Å². The van der Waals surface area contributed by atoms with E-state index in [-0.39, 0.29) is 5.91 Å². The summed E-state index contributed by atoms with van der Waals surface area (Å²) in [4.78, 5) is 11.2. The van der Waals surface area contributed by atoms with Gasteiger partial charge in [0.05, 0.1) is 6.54 Å². The van der Waals surface area contributed by atoms with Gasteiger partial charge in [-0.25, -0.2) is 0 Å². The van der Waals surface area contributed by atoms with Crippen molar-refractivity contribution in [3.05, 3.63) is 0 Å². The molecule has 4 N–H and O–H groups in total. The monoisotopic (exact) mass is 199 g/mol. The summed E-state index contributed by atoms with van der Waals surface area (Å²) in [6.45, 7) is 3.07. The molecule has 0 heterocycles. The van der Waals surface area contributed by atoms with Crippen LogP contribution in [-0.4, -0.2) is 31.1 Å². The minimum atomic E-state index is 0.0855. The average Bonchev–Trinajstić information content (AvgIpc) is 2.17. The largest absolute Gasteiger partial charge is 0.355 e. The van der Waals surface area contributed by atoms with Gasteiger partial charge < -0.3 is 16.4 Å². The normalized spacial score (nSPS) is 27.3. The highest BCUT2D eigenvalue weighted by atomic mass is 16.1. The molecule has 4 nitrogen and oxygen atoms in total. The van der Waals surface area contributed by atoms with Crippen molar-refractivity contribution in [1.82, 2.24) is 10.6 Å². The second kappa shape index (κ2) is 5.98. The van der Waals surface area contributed by atoms with Gasteiger partial charge in [-0.05, 0) is 32.6 Å². The molecule has 1 aliphatic rings. The summed E-state index contributed by atoms with van der Waals surface area (Å²) in [5.41, 5.74) is 5.79. The first-order chi connectivity index (χ1) is 6.72.